The lowest BCUT2D eigenvalue weighted by Crippen LogP contribution is -2.30. The third-order valence-corrected chi connectivity index (χ3v) is 4.30. The molecule has 1 heterocycles. The van der Waals surface area contributed by atoms with Gasteiger partial charge in [0.1, 0.15) is 11.9 Å². The number of aliphatic hydroxyl groups is 1. The van der Waals surface area contributed by atoms with Crippen molar-refractivity contribution in [3.05, 3.63) is 94.0 Å². The number of hydrogen-bond donors (Lipinski definition) is 1. The lowest BCUT2D eigenvalue weighted by atomic mass is 9.82. The van der Waals surface area contributed by atoms with Crippen LogP contribution in [0.25, 0.3) is 0 Å². The fraction of sp³-hybridized carbons (Fsp3) is 0.111. The van der Waals surface area contributed by atoms with Gasteiger partial charge >= 0.3 is 0 Å². The van der Waals surface area contributed by atoms with E-state index >= 15 is 0 Å². The Morgan fingerprint density at radius 3 is 2.22 bits per heavy atom. The van der Waals surface area contributed by atoms with Crippen molar-refractivity contribution >= 4 is 23.2 Å². The smallest absolute Gasteiger partial charge is 0.120 e. The summed E-state index contributed by atoms with van der Waals surface area (Å²) in [5.74, 6) is 0. The Labute approximate surface area is 144 Å². The monoisotopic (exact) mass is 344 g/mol. The maximum atomic E-state index is 11.5. The summed E-state index contributed by atoms with van der Waals surface area (Å²) in [5.41, 5.74) is 0.852. The molecule has 0 fully saturated rings. The van der Waals surface area contributed by atoms with Gasteiger partial charge in [-0.3, -0.25) is 0 Å². The minimum atomic E-state index is -1.30. The second kappa shape index (κ2) is 6.67. The van der Waals surface area contributed by atoms with Crippen LogP contribution < -0.4 is 0 Å². The van der Waals surface area contributed by atoms with Crippen molar-refractivity contribution in [2.45, 2.75) is 12.0 Å². The van der Waals surface area contributed by atoms with E-state index < -0.39 is 5.60 Å². The molecule has 23 heavy (non-hydrogen) atoms. The van der Waals surface area contributed by atoms with E-state index in [1.807, 2.05) is 18.2 Å². The van der Waals surface area contributed by atoms with Gasteiger partial charge in [0.2, 0.25) is 0 Å². The summed E-state index contributed by atoms with van der Waals surface area (Å²) < 4.78 is 0. The fourth-order valence-electron chi connectivity index (χ4n) is 2.59. The second-order valence-corrected chi connectivity index (χ2v) is 6.11. The highest BCUT2D eigenvalue weighted by Crippen LogP contribution is 2.37. The molecule has 0 saturated carbocycles. The Morgan fingerprint density at radius 1 is 0.913 bits per heavy atom. The predicted octanol–water partition coefficient (Wildman–Crippen LogP) is 4.26. The molecule has 3 rings (SSSR count). The molecule has 0 spiro atoms. The van der Waals surface area contributed by atoms with Gasteiger partial charge in [0, 0.05) is 34.4 Å². The van der Waals surface area contributed by atoms with Gasteiger partial charge in [0.25, 0.3) is 0 Å². The minimum Gasteiger partial charge on any atom is -0.380 e. The van der Waals surface area contributed by atoms with E-state index in [0.717, 1.165) is 5.56 Å². The lowest BCUT2D eigenvalue weighted by Gasteiger charge is -2.30. The number of rotatable bonds is 4. The van der Waals surface area contributed by atoms with Crippen LogP contribution in [0.1, 0.15) is 16.7 Å². The average Bonchev–Trinajstić information content (AvgIpc) is 2.56. The van der Waals surface area contributed by atoms with Gasteiger partial charge in [0.15, 0.2) is 0 Å². The van der Waals surface area contributed by atoms with Crippen LogP contribution in [0.15, 0.2) is 67.3 Å². The van der Waals surface area contributed by atoms with E-state index in [-0.39, 0.29) is 0 Å². The summed E-state index contributed by atoms with van der Waals surface area (Å²) in [5, 5.41) is 12.6. The molecule has 116 valence electrons. The molecule has 1 aromatic heterocycles. The molecule has 1 N–H and O–H groups in total. The van der Waals surface area contributed by atoms with Gasteiger partial charge in [0.05, 0.1) is 0 Å². The summed E-state index contributed by atoms with van der Waals surface area (Å²) in [7, 11) is 0. The molecule has 0 aliphatic rings. The summed E-state index contributed by atoms with van der Waals surface area (Å²) >= 11 is 12.3. The molecule has 0 aliphatic heterocycles. The van der Waals surface area contributed by atoms with Crippen LogP contribution in [-0.4, -0.2) is 15.1 Å². The molecule has 0 bridgehead atoms. The topological polar surface area (TPSA) is 46.0 Å². The highest BCUT2D eigenvalue weighted by Gasteiger charge is 2.33. The van der Waals surface area contributed by atoms with Crippen LogP contribution in [-0.2, 0) is 12.0 Å². The maximum Gasteiger partial charge on any atom is 0.120 e. The number of nitrogens with zero attached hydrogens (tertiary/aromatic N) is 2. The van der Waals surface area contributed by atoms with E-state index in [9.17, 15) is 5.11 Å². The number of halogens is 2. The fourth-order valence-corrected chi connectivity index (χ4v) is 3.01. The number of benzene rings is 2. The van der Waals surface area contributed by atoms with Crippen molar-refractivity contribution in [1.29, 1.82) is 0 Å². The van der Waals surface area contributed by atoms with Crippen LogP contribution in [0, 0.1) is 0 Å². The van der Waals surface area contributed by atoms with E-state index in [2.05, 4.69) is 9.97 Å². The van der Waals surface area contributed by atoms with Gasteiger partial charge in [-0.1, -0.05) is 53.5 Å². The van der Waals surface area contributed by atoms with Gasteiger partial charge in [-0.2, -0.15) is 0 Å². The molecule has 3 aromatic rings. The van der Waals surface area contributed by atoms with Crippen molar-refractivity contribution in [3.8, 4) is 0 Å². The first-order valence-electron chi connectivity index (χ1n) is 7.07. The van der Waals surface area contributed by atoms with Crippen molar-refractivity contribution < 1.29 is 5.11 Å². The first-order valence-corrected chi connectivity index (χ1v) is 7.82. The molecule has 1 unspecified atom stereocenters. The highest BCUT2D eigenvalue weighted by molar-refractivity contribution is 6.31. The molecule has 5 heteroatoms. The SMILES string of the molecule is OC(Cc1cncnc1)(c1ccc(Cl)cc1)c1ccccc1Cl. The van der Waals surface area contributed by atoms with E-state index in [0.29, 0.717) is 27.6 Å². The zero-order valence-electron chi connectivity index (χ0n) is 12.2. The Kier molecular flexibility index (Phi) is 4.62. The molecule has 0 saturated heterocycles. The van der Waals surface area contributed by atoms with Crippen molar-refractivity contribution in [2.75, 3.05) is 0 Å². The summed E-state index contributed by atoms with van der Waals surface area (Å²) in [4.78, 5) is 8.03. The predicted molar refractivity (Wildman–Crippen MR) is 91.6 cm³/mol. The first kappa shape index (κ1) is 15.9. The molecular weight excluding hydrogens is 331 g/mol. The molecule has 0 aliphatic carbocycles. The van der Waals surface area contributed by atoms with E-state index in [4.69, 9.17) is 23.2 Å². The van der Waals surface area contributed by atoms with E-state index in [1.165, 1.54) is 6.33 Å². The zero-order chi connectivity index (χ0) is 16.3. The van der Waals surface area contributed by atoms with Gasteiger partial charge in [-0.25, -0.2) is 9.97 Å². The average molecular weight is 345 g/mol. The maximum absolute atomic E-state index is 11.5. The summed E-state index contributed by atoms with van der Waals surface area (Å²) in [6.07, 6.45) is 5.13. The van der Waals surface area contributed by atoms with Gasteiger partial charge < -0.3 is 5.11 Å². The Hall–Kier alpha value is -1.94. The number of aromatic nitrogens is 2. The second-order valence-electron chi connectivity index (χ2n) is 5.27. The van der Waals surface area contributed by atoms with Crippen LogP contribution >= 0.6 is 23.2 Å². The minimum absolute atomic E-state index is 0.305. The van der Waals surface area contributed by atoms with Gasteiger partial charge in [-0.15, -0.1) is 0 Å². The third kappa shape index (κ3) is 3.37. The Morgan fingerprint density at radius 2 is 1.57 bits per heavy atom. The molecule has 2 aromatic carbocycles. The molecular formula is C18H14Cl2N2O. The molecule has 0 radical (unpaired) electrons. The standard InChI is InChI=1S/C18H14Cl2N2O/c19-15-7-5-14(6-8-15)18(23,9-13-10-21-12-22-11-13)16-3-1-2-4-17(16)20/h1-8,10-12,23H,9H2. The Balaban J connectivity index is 2.13. The lowest BCUT2D eigenvalue weighted by molar-refractivity contribution is 0.0810. The number of hydrogen-bond acceptors (Lipinski definition) is 3. The summed E-state index contributed by atoms with van der Waals surface area (Å²) in [6, 6.07) is 14.4. The third-order valence-electron chi connectivity index (χ3n) is 3.72. The quantitative estimate of drug-likeness (QED) is 0.768. The van der Waals surface area contributed by atoms with Crippen molar-refractivity contribution in [3.63, 3.8) is 0 Å². The first-order chi connectivity index (χ1) is 11.1. The molecule has 3 nitrogen and oxygen atoms in total. The molecule has 1 atom stereocenters. The van der Waals surface area contributed by atoms with E-state index in [1.54, 1.807) is 42.7 Å². The van der Waals surface area contributed by atoms with Gasteiger partial charge in [-0.05, 0) is 29.3 Å². The van der Waals surface area contributed by atoms with Crippen molar-refractivity contribution in [2.24, 2.45) is 0 Å². The van der Waals surface area contributed by atoms with Crippen LogP contribution in [0.5, 0.6) is 0 Å². The van der Waals surface area contributed by atoms with Crippen LogP contribution in [0.3, 0.4) is 0 Å². The normalized spacial score (nSPS) is 13.5. The Bertz CT molecular complexity index is 794. The van der Waals surface area contributed by atoms with Crippen LogP contribution in [0.2, 0.25) is 10.0 Å². The largest absolute Gasteiger partial charge is 0.380 e. The molecule has 0 amide bonds. The highest BCUT2D eigenvalue weighted by atomic mass is 35.5. The van der Waals surface area contributed by atoms with Crippen molar-refractivity contribution in [1.82, 2.24) is 9.97 Å². The zero-order valence-corrected chi connectivity index (χ0v) is 13.7. The summed E-state index contributed by atoms with van der Waals surface area (Å²) in [6.45, 7) is 0. The van der Waals surface area contributed by atoms with Crippen LogP contribution in [0.4, 0.5) is 0 Å².